The third-order valence-corrected chi connectivity index (χ3v) is 14.1. The van der Waals surface area contributed by atoms with E-state index in [2.05, 4.69) is 0 Å². The smallest absolute Gasteiger partial charge is 0.350 e. The van der Waals surface area contributed by atoms with Gasteiger partial charge in [0, 0.05) is 32.1 Å². The van der Waals surface area contributed by atoms with Crippen molar-refractivity contribution in [3.8, 4) is 0 Å². The van der Waals surface area contributed by atoms with Crippen molar-refractivity contribution in [1.29, 1.82) is 0 Å². The molecule has 0 aromatic heterocycles. The van der Waals surface area contributed by atoms with Gasteiger partial charge in [-0.05, 0) is 80.1 Å². The summed E-state index contributed by atoms with van der Waals surface area (Å²) in [5.74, 6) is -1.74. The molecule has 0 aromatic carbocycles. The fourth-order valence-corrected chi connectivity index (χ4v) is 12.5. The monoisotopic (exact) mass is 544 g/mol. The van der Waals surface area contributed by atoms with Gasteiger partial charge in [0.15, 0.2) is 20.6 Å². The molecule has 2 rings (SSSR count). The zero-order valence-electron chi connectivity index (χ0n) is 23.9. The molecule has 0 atom stereocenters. The summed E-state index contributed by atoms with van der Waals surface area (Å²) < 4.78 is 26.7. The average Bonchev–Trinajstić information content (AvgIpc) is 2.70. The first-order valence-electron chi connectivity index (χ1n) is 13.7. The maximum Gasteiger partial charge on any atom is 0.350 e. The molecule has 8 heteroatoms. The largest absolute Gasteiger partial charge is 0.481 e. The van der Waals surface area contributed by atoms with E-state index in [1.165, 1.54) is 0 Å². The fraction of sp³-hybridized carbons (Fsp3) is 0.929. The van der Waals surface area contributed by atoms with Crippen LogP contribution in [0.15, 0.2) is 0 Å². The number of rotatable bonds is 11. The van der Waals surface area contributed by atoms with Gasteiger partial charge in [0.25, 0.3) is 0 Å². The molecule has 36 heavy (non-hydrogen) atoms. The molecule has 206 valence electrons. The number of aliphatic carboxylic acids is 2. The normalized spacial score (nSPS) is 30.3. The predicted molar refractivity (Wildman–Crippen MR) is 147 cm³/mol. The third-order valence-electron chi connectivity index (χ3n) is 9.02. The lowest BCUT2D eigenvalue weighted by atomic mass is 9.56. The van der Waals surface area contributed by atoms with Crippen LogP contribution in [0.25, 0.3) is 0 Å². The summed E-state index contributed by atoms with van der Waals surface area (Å²) in [5, 5.41) is 18.1. The number of carboxylic acids is 2. The van der Waals surface area contributed by atoms with Crippen molar-refractivity contribution in [2.75, 3.05) is 0 Å². The molecule has 0 saturated carbocycles. The second-order valence-corrected chi connectivity index (χ2v) is 20.1. The lowest BCUT2D eigenvalue weighted by molar-refractivity contribution is -0.161. The summed E-state index contributed by atoms with van der Waals surface area (Å²) in [4.78, 5) is 24.3. The molecule has 6 nitrogen and oxygen atoms in total. The van der Waals surface area contributed by atoms with E-state index in [1.54, 1.807) is 0 Å². The third kappa shape index (κ3) is 6.58. The van der Waals surface area contributed by atoms with E-state index in [0.29, 0.717) is 38.5 Å². The lowest BCUT2D eigenvalue weighted by Gasteiger charge is -2.51. The molecule has 2 fully saturated rings. The van der Waals surface area contributed by atoms with Crippen LogP contribution in [0.1, 0.15) is 126 Å². The highest BCUT2D eigenvalue weighted by Gasteiger charge is 2.67. The van der Waals surface area contributed by atoms with Crippen LogP contribution >= 0.6 is 15.6 Å². The first kappa shape index (κ1) is 31.4. The zero-order valence-corrected chi connectivity index (χ0v) is 25.6. The summed E-state index contributed by atoms with van der Waals surface area (Å²) in [7, 11) is -3.00. The molecule has 0 unspecified atom stereocenters. The second-order valence-electron chi connectivity index (χ2n) is 14.1. The summed E-state index contributed by atoms with van der Waals surface area (Å²) >= 11 is 0. The Morgan fingerprint density at radius 3 is 1.33 bits per heavy atom. The number of carbonyl (C=O) groups is 2. The minimum absolute atomic E-state index is 0.104. The molecule has 2 aliphatic heterocycles. The van der Waals surface area contributed by atoms with Crippen molar-refractivity contribution in [1.82, 2.24) is 0 Å². The van der Waals surface area contributed by atoms with Gasteiger partial charge in [-0.15, -0.1) is 0 Å². The van der Waals surface area contributed by atoms with Crippen LogP contribution in [0.4, 0.5) is 0 Å². The topological polar surface area (TPSA) is 109 Å². The van der Waals surface area contributed by atoms with E-state index in [4.69, 9.17) is 5.11 Å². The van der Waals surface area contributed by atoms with Gasteiger partial charge < -0.3 is 10.2 Å². The van der Waals surface area contributed by atoms with Crippen molar-refractivity contribution >= 4 is 27.5 Å². The van der Waals surface area contributed by atoms with E-state index in [9.17, 15) is 23.8 Å². The second kappa shape index (κ2) is 11.1. The maximum absolute atomic E-state index is 13.5. The highest BCUT2D eigenvalue weighted by Crippen LogP contribution is 2.68. The van der Waals surface area contributed by atoms with Crippen LogP contribution in [0.2, 0.25) is 0 Å². The van der Waals surface area contributed by atoms with Gasteiger partial charge >= 0.3 is 27.5 Å². The molecule has 0 aromatic rings. The Hall–Kier alpha value is -0.860. The highest BCUT2D eigenvalue weighted by molar-refractivity contribution is 7.48. The molecule has 0 radical (unpaired) electrons. The Balaban J connectivity index is 2.43. The average molecular weight is 545 g/mol. The van der Waals surface area contributed by atoms with Crippen molar-refractivity contribution < 1.29 is 28.9 Å². The first-order chi connectivity index (χ1) is 16.3. The lowest BCUT2D eigenvalue weighted by Crippen LogP contribution is -2.55. The van der Waals surface area contributed by atoms with E-state index < -0.39 is 53.6 Å². The van der Waals surface area contributed by atoms with Gasteiger partial charge in [-0.1, -0.05) is 34.8 Å². The number of carboxylic acid groups (broad SMARTS) is 2. The molecule has 2 N–H and O–H groups in total. The van der Waals surface area contributed by atoms with Crippen molar-refractivity contribution in [2.24, 2.45) is 17.3 Å². The Labute approximate surface area is 220 Å². The minimum Gasteiger partial charge on any atom is -0.481 e. The van der Waals surface area contributed by atoms with Crippen LogP contribution in [0, 0.1) is 17.3 Å². The van der Waals surface area contributed by atoms with Gasteiger partial charge in [0.2, 0.25) is 0 Å². The van der Waals surface area contributed by atoms with Gasteiger partial charge in [-0.25, -0.2) is 0 Å². The predicted octanol–water partition coefficient (Wildman–Crippen LogP) is 8.46. The first-order valence-corrected chi connectivity index (χ1v) is 16.2. The molecule has 0 aliphatic carbocycles. The Bertz CT molecular complexity index is 785. The van der Waals surface area contributed by atoms with Gasteiger partial charge in [0.1, 0.15) is 0 Å². The Morgan fingerprint density at radius 1 is 0.667 bits per heavy atom. The standard InChI is InChI=1S/C28H48O6P2/c1-24(2)16-20(17-25(3,4)35(24)33)28(23(31)32,15-13-11-9-10-12-14-22(29)30)21-18-26(5,6)36(34)27(7,8)19-21/h20-21H,9-19H2,1-8H3/p+2. The summed E-state index contributed by atoms with van der Waals surface area (Å²) in [5.41, 5.74) is -0.961. The van der Waals surface area contributed by atoms with Crippen LogP contribution in [-0.2, 0) is 18.7 Å². The molecular weight excluding hydrogens is 494 g/mol. The van der Waals surface area contributed by atoms with Crippen molar-refractivity contribution in [3.05, 3.63) is 0 Å². The van der Waals surface area contributed by atoms with Crippen LogP contribution < -0.4 is 0 Å². The van der Waals surface area contributed by atoms with E-state index in [-0.39, 0.29) is 18.3 Å². The number of unbranched alkanes of at least 4 members (excludes halogenated alkanes) is 4. The summed E-state index contributed by atoms with van der Waals surface area (Å²) in [6, 6.07) is 0. The Kier molecular flexibility index (Phi) is 9.66. The fourth-order valence-electron chi connectivity index (χ4n) is 7.68. The molecule has 0 amide bonds. The van der Waals surface area contributed by atoms with E-state index in [0.717, 1.165) is 25.7 Å². The van der Waals surface area contributed by atoms with Crippen molar-refractivity contribution in [2.45, 2.75) is 147 Å². The van der Waals surface area contributed by atoms with Gasteiger partial charge in [0.05, 0.1) is 5.41 Å². The van der Waals surface area contributed by atoms with Crippen LogP contribution in [-0.4, -0.2) is 42.8 Å². The Morgan fingerprint density at radius 2 is 1.00 bits per heavy atom. The highest BCUT2D eigenvalue weighted by atomic mass is 31.1. The van der Waals surface area contributed by atoms with Gasteiger partial charge in [-0.3, -0.25) is 9.59 Å². The molecule has 2 aliphatic rings. The minimum atomic E-state index is -1.50. The van der Waals surface area contributed by atoms with Crippen LogP contribution in [0.3, 0.4) is 0 Å². The zero-order chi connectivity index (χ0) is 27.7. The molecule has 0 bridgehead atoms. The quantitative estimate of drug-likeness (QED) is 0.199. The molecular formula is C28H50O6P2+2. The summed E-state index contributed by atoms with van der Waals surface area (Å²) in [6.07, 6.45) is 7.25. The van der Waals surface area contributed by atoms with Gasteiger partial charge in [-0.2, -0.15) is 0 Å². The number of hydrogen-bond acceptors (Lipinski definition) is 4. The molecule has 0 spiro atoms. The molecule has 2 heterocycles. The number of hydrogen-bond donors (Lipinski definition) is 2. The van der Waals surface area contributed by atoms with E-state index in [1.807, 2.05) is 55.4 Å². The van der Waals surface area contributed by atoms with Crippen LogP contribution in [0.5, 0.6) is 0 Å². The van der Waals surface area contributed by atoms with Crippen molar-refractivity contribution in [3.63, 3.8) is 0 Å². The summed E-state index contributed by atoms with van der Waals surface area (Å²) in [6.45, 7) is 16.2. The molecule has 2 saturated heterocycles. The van der Waals surface area contributed by atoms with E-state index >= 15 is 0 Å². The maximum atomic E-state index is 13.5. The SMILES string of the molecule is CC1(C)CC(C(CCCCCCCC(=O)O)(C(=O)O)C2CC(C)(C)[P+](=O)C(C)(C)C2)CC(C)(C)[P+]1=O.